The second-order valence-electron chi connectivity index (χ2n) is 5.00. The maximum absolute atomic E-state index is 12.7. The van der Waals surface area contributed by atoms with E-state index < -0.39 is 11.7 Å². The highest BCUT2D eigenvalue weighted by Crippen LogP contribution is 2.30. The van der Waals surface area contributed by atoms with Crippen LogP contribution in [0.3, 0.4) is 0 Å². The fraction of sp³-hybridized carbons (Fsp3) is 0.0588. The summed E-state index contributed by atoms with van der Waals surface area (Å²) in [6, 6.07) is 14.0. The number of aromatic nitrogens is 2. The molecule has 2 aromatic carbocycles. The molecule has 24 heavy (non-hydrogen) atoms. The van der Waals surface area contributed by atoms with Crippen LogP contribution in [0.2, 0.25) is 0 Å². The van der Waals surface area contributed by atoms with E-state index in [-0.39, 0.29) is 11.3 Å². The van der Waals surface area contributed by atoms with Crippen LogP contribution in [0.4, 0.5) is 18.9 Å². The molecule has 0 radical (unpaired) electrons. The van der Waals surface area contributed by atoms with Gasteiger partial charge in [-0.15, -0.1) is 0 Å². The smallest absolute Gasteiger partial charge is 0.360 e. The van der Waals surface area contributed by atoms with Crippen LogP contribution in [-0.4, -0.2) is 9.97 Å². The van der Waals surface area contributed by atoms with Crippen LogP contribution in [0, 0.1) is 11.3 Å². The van der Waals surface area contributed by atoms with Gasteiger partial charge in [-0.1, -0.05) is 18.2 Å². The van der Waals surface area contributed by atoms with Gasteiger partial charge >= 0.3 is 6.18 Å². The van der Waals surface area contributed by atoms with E-state index in [4.69, 9.17) is 0 Å². The van der Waals surface area contributed by atoms with Gasteiger partial charge in [-0.25, -0.2) is 4.98 Å². The first-order valence-electron chi connectivity index (χ1n) is 6.96. The number of nitrogens with zero attached hydrogens (tertiary/aromatic N) is 2. The minimum atomic E-state index is -4.42. The Morgan fingerprint density at radius 3 is 2.67 bits per heavy atom. The number of rotatable bonds is 3. The molecule has 0 bridgehead atoms. The highest BCUT2D eigenvalue weighted by molar-refractivity contribution is 5.82. The van der Waals surface area contributed by atoms with Gasteiger partial charge in [0.25, 0.3) is 0 Å². The second-order valence-corrected chi connectivity index (χ2v) is 5.00. The molecule has 0 aliphatic carbocycles. The van der Waals surface area contributed by atoms with Gasteiger partial charge in [0.15, 0.2) is 5.82 Å². The lowest BCUT2D eigenvalue weighted by Gasteiger charge is -2.08. The molecule has 7 heteroatoms. The molecule has 1 aromatic heterocycles. The van der Waals surface area contributed by atoms with Crippen LogP contribution < -0.4 is 5.32 Å². The van der Waals surface area contributed by atoms with Crippen molar-refractivity contribution in [2.75, 3.05) is 5.32 Å². The number of benzene rings is 2. The summed E-state index contributed by atoms with van der Waals surface area (Å²) < 4.78 is 38.1. The number of hydrogen-bond acceptors (Lipinski definition) is 3. The molecule has 0 saturated heterocycles. The number of H-pyrrole nitrogens is 1. The largest absolute Gasteiger partial charge is 0.416 e. The number of halogens is 3. The Balaban J connectivity index is 1.88. The Bertz CT molecular complexity index is 915. The average Bonchev–Trinajstić information content (AvgIpc) is 2.99. The lowest BCUT2D eigenvalue weighted by atomic mass is 10.2. The van der Waals surface area contributed by atoms with E-state index in [1.54, 1.807) is 6.07 Å². The van der Waals surface area contributed by atoms with Gasteiger partial charge in [0.05, 0.1) is 16.6 Å². The lowest BCUT2D eigenvalue weighted by Crippen LogP contribution is -2.05. The van der Waals surface area contributed by atoms with E-state index in [1.165, 1.54) is 18.3 Å². The summed E-state index contributed by atoms with van der Waals surface area (Å²) in [4.78, 5) is 7.28. The van der Waals surface area contributed by atoms with Crippen LogP contribution in [0.1, 0.15) is 11.4 Å². The Kier molecular flexibility index (Phi) is 3.96. The van der Waals surface area contributed by atoms with E-state index in [9.17, 15) is 18.4 Å². The molecule has 0 aliphatic heterocycles. The number of anilines is 1. The van der Waals surface area contributed by atoms with Crippen molar-refractivity contribution in [2.24, 2.45) is 0 Å². The van der Waals surface area contributed by atoms with Crippen LogP contribution >= 0.6 is 0 Å². The molecular formula is C17H11F3N4. The standard InChI is InChI=1S/C17H11F3N4/c18-17(19,20)12-4-3-5-13(8-12)22-10-11(9-21)16-23-14-6-1-2-7-15(14)24-16/h1-8,10,22H,(H,23,24)/b11-10-. The van der Waals surface area contributed by atoms with E-state index in [1.807, 2.05) is 24.3 Å². The molecular weight excluding hydrogens is 317 g/mol. The number of aromatic amines is 1. The summed E-state index contributed by atoms with van der Waals surface area (Å²) in [7, 11) is 0. The van der Waals surface area contributed by atoms with Crippen LogP contribution in [-0.2, 0) is 6.18 Å². The van der Waals surface area contributed by atoms with Gasteiger partial charge in [-0.3, -0.25) is 0 Å². The van der Waals surface area contributed by atoms with Crippen molar-refractivity contribution >= 4 is 22.3 Å². The zero-order valence-corrected chi connectivity index (χ0v) is 12.2. The van der Waals surface area contributed by atoms with Crippen molar-refractivity contribution < 1.29 is 13.2 Å². The molecule has 3 aromatic rings. The Morgan fingerprint density at radius 2 is 1.96 bits per heavy atom. The normalized spacial score (nSPS) is 12.2. The highest BCUT2D eigenvalue weighted by atomic mass is 19.4. The van der Waals surface area contributed by atoms with Crippen molar-refractivity contribution in [1.82, 2.24) is 9.97 Å². The Morgan fingerprint density at radius 1 is 1.17 bits per heavy atom. The Hall–Kier alpha value is -3.27. The molecule has 1 heterocycles. The van der Waals surface area contributed by atoms with Crippen molar-refractivity contribution in [2.45, 2.75) is 6.18 Å². The fourth-order valence-corrected chi connectivity index (χ4v) is 2.17. The number of imidazole rings is 1. The molecule has 3 rings (SSSR count). The summed E-state index contributed by atoms with van der Waals surface area (Å²) in [6.45, 7) is 0. The third-order valence-corrected chi connectivity index (χ3v) is 3.34. The van der Waals surface area contributed by atoms with Gasteiger partial charge in [0, 0.05) is 11.9 Å². The van der Waals surface area contributed by atoms with Gasteiger partial charge < -0.3 is 10.3 Å². The predicted molar refractivity (Wildman–Crippen MR) is 84.8 cm³/mol. The molecule has 0 fully saturated rings. The summed E-state index contributed by atoms with van der Waals surface area (Å²) in [5.41, 5.74) is 1.13. The van der Waals surface area contributed by atoms with Crippen LogP contribution in [0.5, 0.6) is 0 Å². The number of nitriles is 1. The first-order chi connectivity index (χ1) is 11.5. The molecule has 0 unspecified atom stereocenters. The summed E-state index contributed by atoms with van der Waals surface area (Å²) >= 11 is 0. The molecule has 0 atom stereocenters. The molecule has 120 valence electrons. The number of para-hydroxylation sites is 2. The van der Waals surface area contributed by atoms with E-state index >= 15 is 0 Å². The third kappa shape index (κ3) is 3.22. The van der Waals surface area contributed by atoms with Crippen molar-refractivity contribution in [3.8, 4) is 6.07 Å². The molecule has 2 N–H and O–H groups in total. The van der Waals surface area contributed by atoms with E-state index in [2.05, 4.69) is 15.3 Å². The maximum Gasteiger partial charge on any atom is 0.416 e. The third-order valence-electron chi connectivity index (χ3n) is 3.34. The zero-order valence-electron chi connectivity index (χ0n) is 12.2. The predicted octanol–water partition coefficient (Wildman–Crippen LogP) is 4.56. The van der Waals surface area contributed by atoms with Gasteiger partial charge in [0.1, 0.15) is 11.6 Å². The second kappa shape index (κ2) is 6.08. The molecule has 4 nitrogen and oxygen atoms in total. The quantitative estimate of drug-likeness (QED) is 0.693. The van der Waals surface area contributed by atoms with Crippen LogP contribution in [0.15, 0.2) is 54.7 Å². The monoisotopic (exact) mass is 328 g/mol. The molecule has 0 spiro atoms. The van der Waals surface area contributed by atoms with Gasteiger partial charge in [-0.2, -0.15) is 18.4 Å². The lowest BCUT2D eigenvalue weighted by molar-refractivity contribution is -0.137. The van der Waals surface area contributed by atoms with E-state index in [0.29, 0.717) is 11.3 Å². The maximum atomic E-state index is 12.7. The van der Waals surface area contributed by atoms with Gasteiger partial charge in [-0.05, 0) is 30.3 Å². The molecule has 0 amide bonds. The Labute approximate surface area is 135 Å². The van der Waals surface area contributed by atoms with Crippen LogP contribution in [0.25, 0.3) is 16.6 Å². The highest BCUT2D eigenvalue weighted by Gasteiger charge is 2.30. The number of hydrogen-bond donors (Lipinski definition) is 2. The summed E-state index contributed by atoms with van der Waals surface area (Å²) in [5.74, 6) is 0.346. The first-order valence-corrected chi connectivity index (χ1v) is 6.96. The van der Waals surface area contributed by atoms with Crippen molar-refractivity contribution in [3.05, 3.63) is 66.1 Å². The number of fused-ring (bicyclic) bond motifs is 1. The molecule has 0 saturated carbocycles. The molecule has 0 aliphatic rings. The minimum Gasteiger partial charge on any atom is -0.360 e. The number of nitrogens with one attached hydrogen (secondary N) is 2. The zero-order chi connectivity index (χ0) is 17.2. The topological polar surface area (TPSA) is 64.5 Å². The number of alkyl halides is 3. The van der Waals surface area contributed by atoms with Gasteiger partial charge in [0.2, 0.25) is 0 Å². The fourth-order valence-electron chi connectivity index (χ4n) is 2.17. The van der Waals surface area contributed by atoms with E-state index in [0.717, 1.165) is 17.6 Å². The van der Waals surface area contributed by atoms with Crippen molar-refractivity contribution in [1.29, 1.82) is 5.26 Å². The average molecular weight is 328 g/mol. The summed E-state index contributed by atoms with van der Waals surface area (Å²) in [5, 5.41) is 12.0. The first kappa shape index (κ1) is 15.6. The summed E-state index contributed by atoms with van der Waals surface area (Å²) in [6.07, 6.45) is -3.09. The van der Waals surface area contributed by atoms with Crippen molar-refractivity contribution in [3.63, 3.8) is 0 Å². The minimum absolute atomic E-state index is 0.184. The SMILES string of the molecule is N#C/C(=C/Nc1cccc(C(F)(F)F)c1)c1nc2ccccc2[nH]1. The number of allylic oxidation sites excluding steroid dienone is 1.